The fourth-order valence-corrected chi connectivity index (χ4v) is 6.41. The first-order valence-corrected chi connectivity index (χ1v) is 8.86. The zero-order chi connectivity index (χ0) is 15.6. The molecule has 0 spiro atoms. The fraction of sp³-hybridized carbons (Fsp3) is 0.789. The van der Waals surface area contributed by atoms with Crippen molar-refractivity contribution < 1.29 is 14.7 Å². The van der Waals surface area contributed by atoms with Crippen LogP contribution in [0.2, 0.25) is 0 Å². The minimum atomic E-state index is -0.391. The molecule has 1 N–H and O–H groups in total. The summed E-state index contributed by atoms with van der Waals surface area (Å²) in [4.78, 5) is 24.2. The van der Waals surface area contributed by atoms with Gasteiger partial charge in [-0.2, -0.15) is 0 Å². The molecule has 3 heteroatoms. The van der Waals surface area contributed by atoms with Gasteiger partial charge in [0.05, 0.1) is 6.10 Å². The molecule has 3 saturated carbocycles. The Morgan fingerprint density at radius 2 is 1.95 bits per heavy atom. The second-order valence-electron chi connectivity index (χ2n) is 8.42. The maximum atomic E-state index is 12.4. The van der Waals surface area contributed by atoms with Crippen LogP contribution in [0.5, 0.6) is 0 Å². The Kier molecular flexibility index (Phi) is 3.17. The van der Waals surface area contributed by atoms with Crippen LogP contribution in [0, 0.1) is 35.0 Å². The van der Waals surface area contributed by atoms with Gasteiger partial charge in [-0.25, -0.2) is 0 Å². The van der Waals surface area contributed by atoms with Gasteiger partial charge in [-0.3, -0.25) is 9.59 Å². The van der Waals surface area contributed by atoms with E-state index in [9.17, 15) is 14.7 Å². The first-order chi connectivity index (χ1) is 10.4. The third-order valence-corrected chi connectivity index (χ3v) is 7.33. The van der Waals surface area contributed by atoms with Crippen molar-refractivity contribution in [3.05, 3.63) is 11.6 Å². The molecule has 4 unspecified atom stereocenters. The molecule has 3 nitrogen and oxygen atoms in total. The number of fused-ring (bicyclic) bond motifs is 5. The van der Waals surface area contributed by atoms with E-state index in [4.69, 9.17) is 0 Å². The number of Topliss-reactive ketones (excluding diaryl/α,β-unsaturated/α-hetero) is 1. The molecule has 0 aliphatic heterocycles. The van der Waals surface area contributed by atoms with Crippen LogP contribution in [0.4, 0.5) is 0 Å². The molecule has 4 aliphatic carbocycles. The smallest absolute Gasteiger partial charge is 0.155 e. The lowest BCUT2D eigenvalue weighted by atomic mass is 9.49. The molecule has 7 atom stereocenters. The molecular weight excluding hydrogens is 276 g/mol. The number of hydrogen-bond acceptors (Lipinski definition) is 3. The van der Waals surface area contributed by atoms with Crippen LogP contribution in [0.1, 0.15) is 52.4 Å². The Morgan fingerprint density at radius 1 is 1.18 bits per heavy atom. The van der Waals surface area contributed by atoms with Crippen LogP contribution in [0.25, 0.3) is 0 Å². The van der Waals surface area contributed by atoms with Crippen molar-refractivity contribution in [3.63, 3.8) is 0 Å². The standard InChI is InChI=1S/C19H26O3/c1-10-7-11-8-12(20)3-4-13(11)18-15(21)9-19(2)14(17(10)18)5-6-16(19)22/h8,10,13-15,17-18,21H,3-7,9H2,1-2H3/t10-,13?,14?,15-,17?,18?,19+/m1/s1. The second kappa shape index (κ2) is 4.77. The van der Waals surface area contributed by atoms with E-state index in [0.717, 1.165) is 19.3 Å². The van der Waals surface area contributed by atoms with E-state index >= 15 is 0 Å². The number of ketones is 2. The number of aliphatic hydroxyl groups excluding tert-OH is 1. The Bertz CT molecular complexity index is 563. The predicted octanol–water partition coefficient (Wildman–Crippen LogP) is 2.91. The molecule has 22 heavy (non-hydrogen) atoms. The average molecular weight is 302 g/mol. The maximum Gasteiger partial charge on any atom is 0.155 e. The summed E-state index contributed by atoms with van der Waals surface area (Å²) in [5.41, 5.74) is 0.970. The maximum absolute atomic E-state index is 12.4. The lowest BCUT2D eigenvalue weighted by Crippen LogP contribution is -2.55. The van der Waals surface area contributed by atoms with Gasteiger partial charge in [0.25, 0.3) is 0 Å². The van der Waals surface area contributed by atoms with E-state index in [0.29, 0.717) is 48.7 Å². The average Bonchev–Trinajstić information content (AvgIpc) is 2.74. The van der Waals surface area contributed by atoms with Gasteiger partial charge < -0.3 is 5.11 Å². The van der Waals surface area contributed by atoms with Crippen molar-refractivity contribution in [1.29, 1.82) is 0 Å². The molecule has 4 aliphatic rings. The highest BCUT2D eigenvalue weighted by atomic mass is 16.3. The summed E-state index contributed by atoms with van der Waals surface area (Å²) in [6, 6.07) is 0. The number of hydrogen-bond donors (Lipinski definition) is 1. The Hall–Kier alpha value is -0.960. The largest absolute Gasteiger partial charge is 0.393 e. The van der Waals surface area contributed by atoms with Crippen molar-refractivity contribution in [3.8, 4) is 0 Å². The van der Waals surface area contributed by atoms with E-state index in [1.54, 1.807) is 0 Å². The highest BCUT2D eigenvalue weighted by Gasteiger charge is 2.60. The van der Waals surface area contributed by atoms with Gasteiger partial charge in [0.15, 0.2) is 5.78 Å². The van der Waals surface area contributed by atoms with Crippen LogP contribution in [-0.2, 0) is 9.59 Å². The molecule has 0 aromatic heterocycles. The van der Waals surface area contributed by atoms with E-state index < -0.39 is 6.10 Å². The van der Waals surface area contributed by atoms with Crippen LogP contribution < -0.4 is 0 Å². The van der Waals surface area contributed by atoms with Crippen molar-refractivity contribution in [2.24, 2.45) is 35.0 Å². The van der Waals surface area contributed by atoms with Crippen LogP contribution in [0.15, 0.2) is 11.6 Å². The first kappa shape index (κ1) is 14.6. The van der Waals surface area contributed by atoms with E-state index in [1.165, 1.54) is 5.57 Å². The summed E-state index contributed by atoms with van der Waals surface area (Å²) in [6.45, 7) is 4.35. The lowest BCUT2D eigenvalue weighted by Gasteiger charge is -2.56. The summed E-state index contributed by atoms with van der Waals surface area (Å²) in [6.07, 6.45) is 6.28. The molecule has 0 radical (unpaired) electrons. The number of allylic oxidation sites excluding steroid dienone is 1. The van der Waals surface area contributed by atoms with Crippen molar-refractivity contribution >= 4 is 11.6 Å². The summed E-state index contributed by atoms with van der Waals surface area (Å²) in [5.74, 6) is 2.58. The third-order valence-electron chi connectivity index (χ3n) is 7.33. The highest BCUT2D eigenvalue weighted by molar-refractivity contribution is 5.91. The normalized spacial score (nSPS) is 51.0. The second-order valence-corrected chi connectivity index (χ2v) is 8.42. The quantitative estimate of drug-likeness (QED) is 0.748. The number of aliphatic hydroxyl groups is 1. The van der Waals surface area contributed by atoms with Gasteiger partial charge in [0.1, 0.15) is 5.78 Å². The van der Waals surface area contributed by atoms with Crippen molar-refractivity contribution in [1.82, 2.24) is 0 Å². The van der Waals surface area contributed by atoms with Gasteiger partial charge in [0.2, 0.25) is 0 Å². The Labute approximate surface area is 132 Å². The zero-order valence-corrected chi connectivity index (χ0v) is 13.5. The molecule has 3 fully saturated rings. The van der Waals surface area contributed by atoms with Crippen LogP contribution >= 0.6 is 0 Å². The zero-order valence-electron chi connectivity index (χ0n) is 13.5. The number of carbonyl (C=O) groups excluding carboxylic acids is 2. The number of rotatable bonds is 0. The van der Waals surface area contributed by atoms with Gasteiger partial charge in [-0.05, 0) is 61.3 Å². The summed E-state index contributed by atoms with van der Waals surface area (Å²) < 4.78 is 0. The lowest BCUT2D eigenvalue weighted by molar-refractivity contribution is -0.144. The minimum absolute atomic E-state index is 0.253. The molecule has 0 bridgehead atoms. The van der Waals surface area contributed by atoms with Crippen LogP contribution in [0.3, 0.4) is 0 Å². The summed E-state index contributed by atoms with van der Waals surface area (Å²) in [7, 11) is 0. The van der Waals surface area contributed by atoms with E-state index in [2.05, 4.69) is 13.8 Å². The molecule has 0 saturated heterocycles. The van der Waals surface area contributed by atoms with Crippen LogP contribution in [-0.4, -0.2) is 22.8 Å². The fourth-order valence-electron chi connectivity index (χ4n) is 6.41. The van der Waals surface area contributed by atoms with E-state index in [-0.39, 0.29) is 17.1 Å². The van der Waals surface area contributed by atoms with Crippen molar-refractivity contribution in [2.45, 2.75) is 58.5 Å². The molecule has 0 amide bonds. The Morgan fingerprint density at radius 3 is 2.73 bits per heavy atom. The van der Waals surface area contributed by atoms with E-state index in [1.807, 2.05) is 6.08 Å². The van der Waals surface area contributed by atoms with Crippen molar-refractivity contribution in [2.75, 3.05) is 0 Å². The highest BCUT2D eigenvalue weighted by Crippen LogP contribution is 2.61. The molecule has 0 heterocycles. The predicted molar refractivity (Wildman–Crippen MR) is 83.0 cm³/mol. The monoisotopic (exact) mass is 302 g/mol. The summed E-state index contributed by atoms with van der Waals surface area (Å²) >= 11 is 0. The third kappa shape index (κ3) is 1.84. The first-order valence-electron chi connectivity index (χ1n) is 8.86. The molecule has 0 aromatic rings. The van der Waals surface area contributed by atoms with Gasteiger partial charge >= 0.3 is 0 Å². The minimum Gasteiger partial charge on any atom is -0.393 e. The number of carbonyl (C=O) groups is 2. The SMILES string of the molecule is C[C@@H]1CC2=CC(=O)CCC2C2C1C1CCC(=O)[C@@]1(C)C[C@H]2O. The van der Waals surface area contributed by atoms with Gasteiger partial charge in [0, 0.05) is 18.3 Å². The Balaban J connectivity index is 1.74. The molecular formula is C19H26O3. The topological polar surface area (TPSA) is 54.4 Å². The molecule has 0 aromatic carbocycles. The summed E-state index contributed by atoms with van der Waals surface area (Å²) in [5, 5.41) is 10.9. The molecule has 120 valence electrons. The molecule has 4 rings (SSSR count). The van der Waals surface area contributed by atoms with Gasteiger partial charge in [-0.1, -0.05) is 19.4 Å². The van der Waals surface area contributed by atoms with Gasteiger partial charge in [-0.15, -0.1) is 0 Å².